The Labute approximate surface area is 120 Å². The normalized spacial score (nSPS) is 22.2. The molecule has 4 nitrogen and oxygen atoms in total. The molecular formula is C16H24N2O2. The van der Waals surface area contributed by atoms with Gasteiger partial charge in [-0.3, -0.25) is 4.79 Å². The SMILES string of the molecule is NCC1CCCCC1CNC(=O)COc1ccccc1. The number of nitrogens with two attached hydrogens (primary N) is 1. The number of carbonyl (C=O) groups is 1. The van der Waals surface area contributed by atoms with Crippen LogP contribution in [0.2, 0.25) is 0 Å². The van der Waals surface area contributed by atoms with Crippen LogP contribution in [0.5, 0.6) is 5.75 Å². The molecule has 1 amide bonds. The van der Waals surface area contributed by atoms with Crippen LogP contribution in [0.1, 0.15) is 25.7 Å². The molecule has 3 N–H and O–H groups in total. The van der Waals surface area contributed by atoms with Gasteiger partial charge in [-0.1, -0.05) is 31.0 Å². The summed E-state index contributed by atoms with van der Waals surface area (Å²) >= 11 is 0. The third-order valence-electron chi connectivity index (χ3n) is 4.04. The lowest BCUT2D eigenvalue weighted by molar-refractivity contribution is -0.123. The van der Waals surface area contributed by atoms with Crippen molar-refractivity contribution in [3.8, 4) is 5.75 Å². The molecule has 2 rings (SSSR count). The highest BCUT2D eigenvalue weighted by molar-refractivity contribution is 5.77. The zero-order valence-electron chi connectivity index (χ0n) is 11.9. The molecule has 1 saturated carbocycles. The van der Waals surface area contributed by atoms with Crippen molar-refractivity contribution in [3.05, 3.63) is 30.3 Å². The second-order valence-electron chi connectivity index (χ2n) is 5.45. The van der Waals surface area contributed by atoms with Crippen LogP contribution in [0.25, 0.3) is 0 Å². The minimum absolute atomic E-state index is 0.0600. The van der Waals surface area contributed by atoms with E-state index in [0.29, 0.717) is 11.8 Å². The fourth-order valence-electron chi connectivity index (χ4n) is 2.83. The van der Waals surface area contributed by atoms with Crippen molar-refractivity contribution in [3.63, 3.8) is 0 Å². The highest BCUT2D eigenvalue weighted by atomic mass is 16.5. The van der Waals surface area contributed by atoms with E-state index in [1.165, 1.54) is 25.7 Å². The molecule has 0 aromatic heterocycles. The number of ether oxygens (including phenoxy) is 1. The molecule has 0 aliphatic heterocycles. The maximum absolute atomic E-state index is 11.8. The largest absolute Gasteiger partial charge is 0.484 e. The lowest BCUT2D eigenvalue weighted by Crippen LogP contribution is -2.38. The third-order valence-corrected chi connectivity index (χ3v) is 4.04. The molecule has 1 aromatic carbocycles. The predicted octanol–water partition coefficient (Wildman–Crippen LogP) is 1.95. The number of para-hydroxylation sites is 1. The Morgan fingerprint density at radius 1 is 1.20 bits per heavy atom. The van der Waals surface area contributed by atoms with Crippen LogP contribution in [0, 0.1) is 11.8 Å². The Kier molecular flexibility index (Phi) is 5.87. The summed E-state index contributed by atoms with van der Waals surface area (Å²) in [6.45, 7) is 1.52. The highest BCUT2D eigenvalue weighted by Gasteiger charge is 2.24. The Hall–Kier alpha value is -1.55. The van der Waals surface area contributed by atoms with Crippen molar-refractivity contribution in [1.82, 2.24) is 5.32 Å². The van der Waals surface area contributed by atoms with Gasteiger partial charge in [-0.25, -0.2) is 0 Å². The van der Waals surface area contributed by atoms with Crippen LogP contribution in [0.3, 0.4) is 0 Å². The first-order valence-corrected chi connectivity index (χ1v) is 7.44. The van der Waals surface area contributed by atoms with Crippen LogP contribution in [0.15, 0.2) is 30.3 Å². The Morgan fingerprint density at radius 2 is 1.90 bits per heavy atom. The zero-order chi connectivity index (χ0) is 14.2. The maximum atomic E-state index is 11.8. The van der Waals surface area contributed by atoms with Crippen LogP contribution >= 0.6 is 0 Å². The molecule has 0 heterocycles. The Bertz CT molecular complexity index is 408. The molecule has 0 saturated heterocycles. The summed E-state index contributed by atoms with van der Waals surface area (Å²) in [5.74, 6) is 1.74. The molecule has 1 aromatic rings. The van der Waals surface area contributed by atoms with Crippen molar-refractivity contribution in [2.45, 2.75) is 25.7 Å². The number of carbonyl (C=O) groups excluding carboxylic acids is 1. The van der Waals surface area contributed by atoms with Gasteiger partial charge in [0.2, 0.25) is 0 Å². The van der Waals surface area contributed by atoms with E-state index in [2.05, 4.69) is 5.32 Å². The van der Waals surface area contributed by atoms with Crippen molar-refractivity contribution in [1.29, 1.82) is 0 Å². The van der Waals surface area contributed by atoms with E-state index in [1.54, 1.807) is 0 Å². The zero-order valence-corrected chi connectivity index (χ0v) is 11.9. The van der Waals surface area contributed by atoms with Crippen LogP contribution in [0.4, 0.5) is 0 Å². The minimum Gasteiger partial charge on any atom is -0.484 e. The van der Waals surface area contributed by atoms with Gasteiger partial charge in [0.05, 0.1) is 0 Å². The van der Waals surface area contributed by atoms with E-state index in [-0.39, 0.29) is 12.5 Å². The first-order valence-electron chi connectivity index (χ1n) is 7.44. The fraction of sp³-hybridized carbons (Fsp3) is 0.562. The van der Waals surface area contributed by atoms with Crippen LogP contribution in [-0.4, -0.2) is 25.6 Å². The number of amides is 1. The molecule has 0 radical (unpaired) electrons. The van der Waals surface area contributed by atoms with Gasteiger partial charge in [0, 0.05) is 6.54 Å². The van der Waals surface area contributed by atoms with Crippen molar-refractivity contribution >= 4 is 5.91 Å². The summed E-state index contributed by atoms with van der Waals surface area (Å²) < 4.78 is 5.42. The third kappa shape index (κ3) is 4.53. The van der Waals surface area contributed by atoms with Crippen molar-refractivity contribution in [2.24, 2.45) is 17.6 Å². The van der Waals surface area contributed by atoms with Crippen LogP contribution in [-0.2, 0) is 4.79 Å². The van der Waals surface area contributed by atoms with E-state index >= 15 is 0 Å². The topological polar surface area (TPSA) is 64.3 Å². The van der Waals surface area contributed by atoms with Crippen LogP contribution < -0.4 is 15.8 Å². The predicted molar refractivity (Wildman–Crippen MR) is 79.4 cm³/mol. The average molecular weight is 276 g/mol. The summed E-state index contributed by atoms with van der Waals surface area (Å²) in [7, 11) is 0. The maximum Gasteiger partial charge on any atom is 0.257 e. The van der Waals surface area contributed by atoms with Gasteiger partial charge < -0.3 is 15.8 Å². The van der Waals surface area contributed by atoms with E-state index in [4.69, 9.17) is 10.5 Å². The summed E-state index contributed by atoms with van der Waals surface area (Å²) in [6, 6.07) is 9.39. The van der Waals surface area contributed by atoms with Crippen molar-refractivity contribution in [2.75, 3.05) is 19.7 Å². The van der Waals surface area contributed by atoms with E-state index < -0.39 is 0 Å². The fourth-order valence-corrected chi connectivity index (χ4v) is 2.83. The van der Waals surface area contributed by atoms with Gasteiger partial charge in [0.25, 0.3) is 5.91 Å². The Morgan fingerprint density at radius 3 is 2.60 bits per heavy atom. The number of hydrogen-bond donors (Lipinski definition) is 2. The molecule has 1 aliphatic carbocycles. The second kappa shape index (κ2) is 7.90. The van der Waals surface area contributed by atoms with Gasteiger partial charge in [0.1, 0.15) is 5.75 Å². The first-order chi connectivity index (χ1) is 9.79. The first kappa shape index (κ1) is 14.9. The highest BCUT2D eigenvalue weighted by Crippen LogP contribution is 2.28. The van der Waals surface area contributed by atoms with Gasteiger partial charge in [-0.2, -0.15) is 0 Å². The molecule has 0 spiro atoms. The summed E-state index contributed by atoms with van der Waals surface area (Å²) in [5, 5.41) is 2.97. The monoisotopic (exact) mass is 276 g/mol. The second-order valence-corrected chi connectivity index (χ2v) is 5.45. The molecule has 0 bridgehead atoms. The van der Waals surface area contributed by atoms with E-state index in [0.717, 1.165) is 18.8 Å². The quantitative estimate of drug-likeness (QED) is 0.834. The average Bonchev–Trinajstić information content (AvgIpc) is 2.52. The molecule has 1 fully saturated rings. The van der Waals surface area contributed by atoms with Gasteiger partial charge in [0.15, 0.2) is 6.61 Å². The molecular weight excluding hydrogens is 252 g/mol. The van der Waals surface area contributed by atoms with Gasteiger partial charge in [-0.15, -0.1) is 0 Å². The molecule has 2 atom stereocenters. The Balaban J connectivity index is 1.69. The standard InChI is InChI=1S/C16H24N2O2/c17-10-13-6-4-5-7-14(13)11-18-16(19)12-20-15-8-2-1-3-9-15/h1-3,8-9,13-14H,4-7,10-12,17H2,(H,18,19). The number of benzene rings is 1. The number of hydrogen-bond acceptors (Lipinski definition) is 3. The number of rotatable bonds is 6. The lowest BCUT2D eigenvalue weighted by atomic mass is 9.79. The summed E-state index contributed by atoms with van der Waals surface area (Å²) in [4.78, 5) is 11.8. The van der Waals surface area contributed by atoms with Gasteiger partial charge >= 0.3 is 0 Å². The van der Waals surface area contributed by atoms with Crippen molar-refractivity contribution < 1.29 is 9.53 Å². The number of nitrogens with one attached hydrogen (secondary N) is 1. The molecule has 110 valence electrons. The summed E-state index contributed by atoms with van der Waals surface area (Å²) in [5.41, 5.74) is 5.80. The molecule has 2 unspecified atom stereocenters. The minimum atomic E-state index is -0.0600. The van der Waals surface area contributed by atoms with E-state index in [1.807, 2.05) is 30.3 Å². The molecule has 4 heteroatoms. The van der Waals surface area contributed by atoms with Gasteiger partial charge in [-0.05, 0) is 43.4 Å². The summed E-state index contributed by atoms with van der Waals surface area (Å²) in [6.07, 6.45) is 4.88. The smallest absolute Gasteiger partial charge is 0.257 e. The molecule has 20 heavy (non-hydrogen) atoms. The lowest BCUT2D eigenvalue weighted by Gasteiger charge is -2.30. The van der Waals surface area contributed by atoms with E-state index in [9.17, 15) is 4.79 Å². The molecule has 1 aliphatic rings.